The van der Waals surface area contributed by atoms with Crippen molar-refractivity contribution in [3.05, 3.63) is 57.0 Å². The first kappa shape index (κ1) is 19.2. The van der Waals surface area contributed by atoms with Gasteiger partial charge in [-0.3, -0.25) is 10.1 Å². The van der Waals surface area contributed by atoms with E-state index >= 15 is 0 Å². The van der Waals surface area contributed by atoms with Crippen molar-refractivity contribution in [2.75, 3.05) is 11.6 Å². The van der Waals surface area contributed by atoms with Crippen LogP contribution >= 0.6 is 46.3 Å². The third-order valence-corrected chi connectivity index (χ3v) is 6.77. The number of aryl methyl sites for hydroxylation is 2. The highest BCUT2D eigenvalue weighted by Crippen LogP contribution is 2.31. The van der Waals surface area contributed by atoms with Crippen molar-refractivity contribution in [1.82, 2.24) is 14.8 Å². The Balaban J connectivity index is 1.85. The summed E-state index contributed by atoms with van der Waals surface area (Å²) in [5.41, 5.74) is 2.68. The molecule has 2 aromatic heterocycles. The molecule has 5 nitrogen and oxygen atoms in total. The molecule has 2 heterocycles. The lowest BCUT2D eigenvalue weighted by atomic mass is 10.2. The number of benzene rings is 1. The number of rotatable bonds is 5. The number of thiazole rings is 1. The van der Waals surface area contributed by atoms with E-state index < -0.39 is 0 Å². The summed E-state index contributed by atoms with van der Waals surface area (Å²) in [7, 11) is 0. The highest BCUT2D eigenvalue weighted by atomic mass is 35.5. The van der Waals surface area contributed by atoms with Gasteiger partial charge in [-0.05, 0) is 31.7 Å². The van der Waals surface area contributed by atoms with Crippen molar-refractivity contribution in [3.8, 4) is 0 Å². The van der Waals surface area contributed by atoms with Crippen molar-refractivity contribution >= 4 is 57.3 Å². The van der Waals surface area contributed by atoms with Gasteiger partial charge < -0.3 is 0 Å². The van der Waals surface area contributed by atoms with Gasteiger partial charge in [0.15, 0.2) is 5.13 Å². The first-order chi connectivity index (χ1) is 12.4. The van der Waals surface area contributed by atoms with E-state index in [0.29, 0.717) is 28.0 Å². The second kappa shape index (κ2) is 8.00. The van der Waals surface area contributed by atoms with E-state index in [2.05, 4.69) is 15.4 Å². The van der Waals surface area contributed by atoms with Crippen LogP contribution in [0.5, 0.6) is 0 Å². The van der Waals surface area contributed by atoms with E-state index in [9.17, 15) is 4.79 Å². The topological polar surface area (TPSA) is 59.8 Å². The van der Waals surface area contributed by atoms with Crippen LogP contribution in [0.3, 0.4) is 0 Å². The van der Waals surface area contributed by atoms with Crippen LogP contribution in [0.25, 0.3) is 0 Å². The Labute approximate surface area is 169 Å². The van der Waals surface area contributed by atoms with Crippen molar-refractivity contribution in [2.45, 2.75) is 24.6 Å². The van der Waals surface area contributed by atoms with Crippen LogP contribution in [0.1, 0.15) is 27.3 Å². The zero-order chi connectivity index (χ0) is 18.8. The number of carbonyl (C=O) groups is 1. The summed E-state index contributed by atoms with van der Waals surface area (Å²) >= 11 is 15.7. The predicted octanol–water partition coefficient (Wildman–Crippen LogP) is 5.29. The summed E-state index contributed by atoms with van der Waals surface area (Å²) < 4.78 is 2.64. The second-order valence-electron chi connectivity index (χ2n) is 5.55. The Morgan fingerprint density at radius 2 is 2.00 bits per heavy atom. The van der Waals surface area contributed by atoms with E-state index in [1.54, 1.807) is 23.4 Å². The third-order valence-electron chi connectivity index (χ3n) is 3.73. The summed E-state index contributed by atoms with van der Waals surface area (Å²) in [6.07, 6.45) is 1.98. The number of halogens is 2. The molecule has 0 aliphatic heterocycles. The molecule has 0 saturated carbocycles. The molecule has 0 aliphatic carbocycles. The summed E-state index contributed by atoms with van der Waals surface area (Å²) in [6.45, 7) is 4.06. The van der Waals surface area contributed by atoms with Gasteiger partial charge in [0.1, 0.15) is 5.15 Å². The summed E-state index contributed by atoms with van der Waals surface area (Å²) in [4.78, 5) is 17.1. The standard InChI is InChI=1S/C17H16Cl2N4OS2/c1-9-13(15(24)21-17-20-10(2)16(25-3)26-17)14(19)23(22-9)8-11-6-4-5-7-12(11)18/h4-7H,8H2,1-3H3,(H,20,21,24). The Morgan fingerprint density at radius 1 is 1.27 bits per heavy atom. The average molecular weight is 427 g/mol. The molecular weight excluding hydrogens is 411 g/mol. The molecule has 136 valence electrons. The van der Waals surface area contributed by atoms with Gasteiger partial charge in [0.2, 0.25) is 0 Å². The number of thioether (sulfide) groups is 1. The minimum absolute atomic E-state index is 0.276. The number of carbonyl (C=O) groups excluding carboxylic acids is 1. The van der Waals surface area contributed by atoms with Crippen LogP contribution in [0, 0.1) is 13.8 Å². The summed E-state index contributed by atoms with van der Waals surface area (Å²) in [5.74, 6) is -0.320. The lowest BCUT2D eigenvalue weighted by Crippen LogP contribution is -2.13. The minimum Gasteiger partial charge on any atom is -0.298 e. The van der Waals surface area contributed by atoms with Crippen LogP contribution in [-0.4, -0.2) is 26.9 Å². The van der Waals surface area contributed by atoms with Crippen molar-refractivity contribution in [2.24, 2.45) is 0 Å². The molecule has 0 bridgehead atoms. The third kappa shape index (κ3) is 3.91. The molecule has 0 saturated heterocycles. The number of hydrogen-bond acceptors (Lipinski definition) is 5. The minimum atomic E-state index is -0.320. The molecule has 1 N–H and O–H groups in total. The molecule has 1 aromatic carbocycles. The van der Waals surface area contributed by atoms with Crippen molar-refractivity contribution in [1.29, 1.82) is 0 Å². The Kier molecular flexibility index (Phi) is 5.92. The molecule has 3 rings (SSSR count). The Bertz CT molecular complexity index is 968. The SMILES string of the molecule is CSc1sc(NC(=O)c2c(C)nn(Cc3ccccc3Cl)c2Cl)nc1C. The van der Waals surface area contributed by atoms with Gasteiger partial charge in [0.05, 0.1) is 27.7 Å². The molecule has 0 atom stereocenters. The average Bonchev–Trinajstić information content (AvgIpc) is 3.08. The van der Waals surface area contributed by atoms with Crippen LogP contribution in [-0.2, 0) is 6.54 Å². The van der Waals surface area contributed by atoms with E-state index in [4.69, 9.17) is 23.2 Å². The van der Waals surface area contributed by atoms with Crippen molar-refractivity contribution < 1.29 is 4.79 Å². The molecule has 1 amide bonds. The zero-order valence-electron chi connectivity index (χ0n) is 14.3. The van der Waals surface area contributed by atoms with Crippen molar-refractivity contribution in [3.63, 3.8) is 0 Å². The highest BCUT2D eigenvalue weighted by Gasteiger charge is 2.22. The van der Waals surface area contributed by atoms with Gasteiger partial charge in [-0.1, -0.05) is 52.7 Å². The maximum Gasteiger partial charge on any atom is 0.262 e. The fourth-order valence-corrected chi connectivity index (χ4v) is 4.61. The fourth-order valence-electron chi connectivity index (χ4n) is 2.49. The highest BCUT2D eigenvalue weighted by molar-refractivity contribution is 8.00. The van der Waals surface area contributed by atoms with Crippen LogP contribution < -0.4 is 5.32 Å². The first-order valence-corrected chi connectivity index (χ1v) is 10.5. The molecule has 0 unspecified atom stereocenters. The molecule has 0 spiro atoms. The summed E-state index contributed by atoms with van der Waals surface area (Å²) in [5, 5.41) is 8.66. The van der Waals surface area contributed by atoms with E-state index in [-0.39, 0.29) is 11.1 Å². The smallest absolute Gasteiger partial charge is 0.262 e. The molecule has 0 aliphatic rings. The van der Waals surface area contributed by atoms with Gasteiger partial charge in [-0.2, -0.15) is 5.10 Å². The lowest BCUT2D eigenvalue weighted by Gasteiger charge is -2.06. The molecular formula is C17H16Cl2N4OS2. The second-order valence-corrected chi connectivity index (χ2v) is 8.39. The normalized spacial score (nSPS) is 11.0. The van der Waals surface area contributed by atoms with Gasteiger partial charge in [-0.15, -0.1) is 11.8 Å². The van der Waals surface area contributed by atoms with E-state index in [1.165, 1.54) is 11.3 Å². The largest absolute Gasteiger partial charge is 0.298 e. The Morgan fingerprint density at radius 3 is 2.65 bits per heavy atom. The van der Waals surface area contributed by atoms with Gasteiger partial charge in [0.25, 0.3) is 5.91 Å². The summed E-state index contributed by atoms with van der Waals surface area (Å²) in [6, 6.07) is 7.47. The lowest BCUT2D eigenvalue weighted by molar-refractivity contribution is 0.102. The van der Waals surface area contributed by atoms with E-state index in [0.717, 1.165) is 15.5 Å². The molecule has 0 radical (unpaired) electrons. The molecule has 0 fully saturated rings. The maximum absolute atomic E-state index is 12.7. The number of anilines is 1. The first-order valence-electron chi connectivity index (χ1n) is 7.69. The Hall–Kier alpha value is -1.54. The predicted molar refractivity (Wildman–Crippen MR) is 109 cm³/mol. The van der Waals surface area contributed by atoms with Crippen LogP contribution in [0.2, 0.25) is 10.2 Å². The number of nitrogens with zero attached hydrogens (tertiary/aromatic N) is 3. The molecule has 26 heavy (non-hydrogen) atoms. The van der Waals surface area contributed by atoms with Gasteiger partial charge in [-0.25, -0.2) is 9.67 Å². The maximum atomic E-state index is 12.7. The van der Waals surface area contributed by atoms with Crippen LogP contribution in [0.15, 0.2) is 28.5 Å². The van der Waals surface area contributed by atoms with E-state index in [1.807, 2.05) is 37.4 Å². The van der Waals surface area contributed by atoms with Gasteiger partial charge in [0, 0.05) is 5.02 Å². The van der Waals surface area contributed by atoms with Gasteiger partial charge >= 0.3 is 0 Å². The molecule has 9 heteroatoms. The number of aromatic nitrogens is 3. The number of amides is 1. The zero-order valence-corrected chi connectivity index (χ0v) is 17.5. The number of nitrogens with one attached hydrogen (secondary N) is 1. The van der Waals surface area contributed by atoms with Crippen LogP contribution in [0.4, 0.5) is 5.13 Å². The quantitative estimate of drug-likeness (QED) is 0.563. The monoisotopic (exact) mass is 426 g/mol. The molecule has 3 aromatic rings. The fraction of sp³-hybridized carbons (Fsp3) is 0.235. The number of hydrogen-bond donors (Lipinski definition) is 1.